The highest BCUT2D eigenvalue weighted by Gasteiger charge is 2.01. The van der Waals surface area contributed by atoms with Gasteiger partial charge >= 0.3 is 0 Å². The van der Waals surface area contributed by atoms with E-state index in [9.17, 15) is 0 Å². The molecule has 0 aliphatic carbocycles. The van der Waals surface area contributed by atoms with Crippen LogP contribution in [0.1, 0.15) is 16.7 Å². The maximum atomic E-state index is 6.14. The monoisotopic (exact) mass is 309 g/mol. The van der Waals surface area contributed by atoms with Gasteiger partial charge in [0.1, 0.15) is 0 Å². The Morgan fingerprint density at radius 3 is 2.55 bits per heavy atom. The number of rotatable bonds is 6. The molecule has 0 spiro atoms. The first-order valence-electron chi connectivity index (χ1n) is 6.40. The van der Waals surface area contributed by atoms with Crippen LogP contribution < -0.4 is 5.32 Å². The summed E-state index contributed by atoms with van der Waals surface area (Å²) >= 11 is 12.0. The highest BCUT2D eigenvalue weighted by Crippen LogP contribution is 2.20. The predicted octanol–water partition coefficient (Wildman–Crippen LogP) is 4.43. The maximum Gasteiger partial charge on any atom is 0.0713 e. The van der Waals surface area contributed by atoms with Crippen LogP contribution in [0.5, 0.6) is 0 Å². The van der Waals surface area contributed by atoms with Crippen molar-refractivity contribution in [3.63, 3.8) is 0 Å². The summed E-state index contributed by atoms with van der Waals surface area (Å²) in [5, 5.41) is 4.73. The number of halogens is 2. The van der Waals surface area contributed by atoms with Crippen LogP contribution in [0.3, 0.4) is 0 Å². The Hall–Kier alpha value is -1.06. The molecule has 0 saturated carbocycles. The minimum Gasteiger partial charge on any atom is -0.380 e. The number of hydrogen-bond donors (Lipinski definition) is 1. The van der Waals surface area contributed by atoms with Crippen molar-refractivity contribution in [3.05, 3.63) is 69.2 Å². The molecule has 0 aliphatic heterocycles. The predicted molar refractivity (Wildman–Crippen MR) is 84.2 cm³/mol. The van der Waals surface area contributed by atoms with Gasteiger partial charge in [-0.3, -0.25) is 0 Å². The van der Waals surface area contributed by atoms with E-state index in [4.69, 9.17) is 27.9 Å². The van der Waals surface area contributed by atoms with Gasteiger partial charge in [-0.25, -0.2) is 0 Å². The van der Waals surface area contributed by atoms with Gasteiger partial charge in [0.25, 0.3) is 0 Å². The first-order valence-corrected chi connectivity index (χ1v) is 7.16. The van der Waals surface area contributed by atoms with Crippen LogP contribution in [0.15, 0.2) is 42.5 Å². The van der Waals surface area contributed by atoms with Crippen molar-refractivity contribution in [1.82, 2.24) is 5.32 Å². The van der Waals surface area contributed by atoms with Gasteiger partial charge in [0, 0.05) is 30.2 Å². The molecule has 4 heteroatoms. The molecule has 0 amide bonds. The first-order chi connectivity index (χ1) is 9.69. The van der Waals surface area contributed by atoms with Gasteiger partial charge in [0.15, 0.2) is 0 Å². The van der Waals surface area contributed by atoms with E-state index in [1.165, 1.54) is 11.1 Å². The fourth-order valence-electron chi connectivity index (χ4n) is 2.00. The average Bonchev–Trinajstić information content (AvgIpc) is 2.42. The number of hydrogen-bond acceptors (Lipinski definition) is 2. The molecule has 0 atom stereocenters. The first kappa shape index (κ1) is 15.3. The van der Waals surface area contributed by atoms with E-state index in [-0.39, 0.29) is 0 Å². The highest BCUT2D eigenvalue weighted by atomic mass is 35.5. The van der Waals surface area contributed by atoms with Crippen molar-refractivity contribution < 1.29 is 4.74 Å². The largest absolute Gasteiger partial charge is 0.380 e. The molecule has 2 rings (SSSR count). The second kappa shape index (κ2) is 7.65. The summed E-state index contributed by atoms with van der Waals surface area (Å²) in [5.41, 5.74) is 3.45. The molecular weight excluding hydrogens is 293 g/mol. The number of methoxy groups -OCH3 is 1. The Balaban J connectivity index is 1.90. The fraction of sp³-hybridized carbons (Fsp3) is 0.250. The molecule has 0 aromatic heterocycles. The van der Waals surface area contributed by atoms with Gasteiger partial charge in [0.05, 0.1) is 6.61 Å². The Morgan fingerprint density at radius 1 is 1.00 bits per heavy atom. The van der Waals surface area contributed by atoms with Crippen molar-refractivity contribution in [2.24, 2.45) is 0 Å². The van der Waals surface area contributed by atoms with Crippen LogP contribution >= 0.6 is 23.2 Å². The second-order valence-corrected chi connectivity index (χ2v) is 5.44. The van der Waals surface area contributed by atoms with Crippen LogP contribution in [-0.2, 0) is 24.4 Å². The van der Waals surface area contributed by atoms with Crippen molar-refractivity contribution in [1.29, 1.82) is 0 Å². The molecule has 20 heavy (non-hydrogen) atoms. The Kier molecular flexibility index (Phi) is 5.86. The highest BCUT2D eigenvalue weighted by molar-refractivity contribution is 6.35. The molecule has 2 nitrogen and oxygen atoms in total. The fourth-order valence-corrected chi connectivity index (χ4v) is 2.48. The van der Waals surface area contributed by atoms with E-state index in [0.717, 1.165) is 12.1 Å². The molecular formula is C16H17Cl2NO. The number of benzene rings is 2. The smallest absolute Gasteiger partial charge is 0.0713 e. The Morgan fingerprint density at radius 2 is 1.80 bits per heavy atom. The van der Waals surface area contributed by atoms with Gasteiger partial charge in [-0.1, -0.05) is 53.5 Å². The molecule has 0 heterocycles. The topological polar surface area (TPSA) is 21.3 Å². The molecule has 0 radical (unpaired) electrons. The standard InChI is InChI=1S/C16H17Cl2NO/c1-20-11-13-4-2-3-12(7-13)9-19-10-14-5-6-15(17)8-16(14)18/h2-8,19H,9-11H2,1H3. The summed E-state index contributed by atoms with van der Waals surface area (Å²) < 4.78 is 5.13. The molecule has 0 unspecified atom stereocenters. The Bertz CT molecular complexity index is 572. The van der Waals surface area contributed by atoms with Gasteiger partial charge in [-0.15, -0.1) is 0 Å². The lowest BCUT2D eigenvalue weighted by Gasteiger charge is -2.08. The zero-order valence-electron chi connectivity index (χ0n) is 11.3. The SMILES string of the molecule is COCc1cccc(CNCc2ccc(Cl)cc2Cl)c1. The van der Waals surface area contributed by atoms with Crippen LogP contribution in [-0.4, -0.2) is 7.11 Å². The van der Waals surface area contributed by atoms with E-state index in [1.54, 1.807) is 13.2 Å². The zero-order valence-corrected chi connectivity index (χ0v) is 12.8. The van der Waals surface area contributed by atoms with Crippen LogP contribution in [0, 0.1) is 0 Å². The van der Waals surface area contributed by atoms with Gasteiger partial charge in [-0.05, 0) is 28.8 Å². The Labute approximate surface area is 129 Å². The van der Waals surface area contributed by atoms with Crippen molar-refractivity contribution in [3.8, 4) is 0 Å². The van der Waals surface area contributed by atoms with Gasteiger partial charge in [-0.2, -0.15) is 0 Å². The van der Waals surface area contributed by atoms with E-state index in [1.807, 2.05) is 18.2 Å². The molecule has 2 aromatic rings. The van der Waals surface area contributed by atoms with E-state index in [2.05, 4.69) is 23.5 Å². The lowest BCUT2D eigenvalue weighted by Crippen LogP contribution is -2.13. The maximum absolute atomic E-state index is 6.14. The molecule has 106 valence electrons. The average molecular weight is 310 g/mol. The lowest BCUT2D eigenvalue weighted by atomic mass is 10.1. The number of ether oxygens (including phenoxy) is 1. The lowest BCUT2D eigenvalue weighted by molar-refractivity contribution is 0.185. The summed E-state index contributed by atoms with van der Waals surface area (Å²) in [6.07, 6.45) is 0. The third kappa shape index (κ3) is 4.50. The van der Waals surface area contributed by atoms with Gasteiger partial charge < -0.3 is 10.1 Å². The van der Waals surface area contributed by atoms with Crippen LogP contribution in [0.2, 0.25) is 10.0 Å². The third-order valence-corrected chi connectivity index (χ3v) is 3.55. The molecule has 0 aliphatic rings. The van der Waals surface area contributed by atoms with E-state index < -0.39 is 0 Å². The summed E-state index contributed by atoms with van der Waals surface area (Å²) in [6, 6.07) is 13.9. The second-order valence-electron chi connectivity index (χ2n) is 4.59. The van der Waals surface area contributed by atoms with E-state index in [0.29, 0.717) is 23.2 Å². The van der Waals surface area contributed by atoms with Crippen molar-refractivity contribution in [2.75, 3.05) is 7.11 Å². The van der Waals surface area contributed by atoms with Crippen LogP contribution in [0.25, 0.3) is 0 Å². The van der Waals surface area contributed by atoms with Gasteiger partial charge in [0.2, 0.25) is 0 Å². The normalized spacial score (nSPS) is 10.8. The molecule has 0 fully saturated rings. The van der Waals surface area contributed by atoms with Crippen LogP contribution in [0.4, 0.5) is 0 Å². The van der Waals surface area contributed by atoms with Crippen molar-refractivity contribution >= 4 is 23.2 Å². The third-order valence-electron chi connectivity index (χ3n) is 2.96. The zero-order chi connectivity index (χ0) is 14.4. The summed E-state index contributed by atoms with van der Waals surface area (Å²) in [6.45, 7) is 2.14. The quantitative estimate of drug-likeness (QED) is 0.852. The van der Waals surface area contributed by atoms with Crippen molar-refractivity contribution in [2.45, 2.75) is 19.7 Å². The minimum atomic E-state index is 0.636. The molecule has 1 N–H and O–H groups in total. The molecule has 0 bridgehead atoms. The summed E-state index contributed by atoms with van der Waals surface area (Å²) in [7, 11) is 1.70. The van der Waals surface area contributed by atoms with E-state index >= 15 is 0 Å². The molecule has 2 aromatic carbocycles. The summed E-state index contributed by atoms with van der Waals surface area (Å²) in [4.78, 5) is 0. The minimum absolute atomic E-state index is 0.636. The number of nitrogens with one attached hydrogen (secondary N) is 1. The summed E-state index contributed by atoms with van der Waals surface area (Å²) in [5.74, 6) is 0. The molecule has 0 saturated heterocycles.